The summed E-state index contributed by atoms with van der Waals surface area (Å²) >= 11 is 0. The van der Waals surface area contributed by atoms with Crippen LogP contribution in [-0.4, -0.2) is 7.05 Å². The summed E-state index contributed by atoms with van der Waals surface area (Å²) in [5.74, 6) is 2.86. The van der Waals surface area contributed by atoms with Gasteiger partial charge in [-0.15, -0.1) is 0 Å². The Labute approximate surface area is 117 Å². The van der Waals surface area contributed by atoms with Crippen molar-refractivity contribution in [3.63, 3.8) is 0 Å². The number of benzene rings is 1. The van der Waals surface area contributed by atoms with Crippen molar-refractivity contribution in [3.8, 4) is 0 Å². The van der Waals surface area contributed by atoms with Crippen molar-refractivity contribution >= 4 is 0 Å². The normalized spacial score (nSPS) is 30.8. The fourth-order valence-electron chi connectivity index (χ4n) is 4.96. The Balaban J connectivity index is 1.95. The summed E-state index contributed by atoms with van der Waals surface area (Å²) in [5.41, 5.74) is 5.91. The molecule has 1 nitrogen and oxygen atoms in total. The third-order valence-corrected chi connectivity index (χ3v) is 5.58. The molecule has 104 valence electrons. The summed E-state index contributed by atoms with van der Waals surface area (Å²) in [6.07, 6.45) is 5.90. The lowest BCUT2D eigenvalue weighted by Gasteiger charge is -2.33. The zero-order chi connectivity index (χ0) is 13.6. The first-order valence-corrected chi connectivity index (χ1v) is 7.85. The van der Waals surface area contributed by atoms with E-state index in [2.05, 4.69) is 45.3 Å². The summed E-state index contributed by atoms with van der Waals surface area (Å²) in [5, 5.41) is 3.65. The van der Waals surface area contributed by atoms with E-state index in [-0.39, 0.29) is 0 Å². The smallest absolute Gasteiger partial charge is 0.0354 e. The van der Waals surface area contributed by atoms with E-state index in [4.69, 9.17) is 0 Å². The average Bonchev–Trinajstić information content (AvgIpc) is 2.95. The SMILES string of the molecule is CNC(c1c(C)cc(C)cc1C)C1CC2CCC1C2. The highest BCUT2D eigenvalue weighted by molar-refractivity contribution is 5.40. The molecule has 0 aliphatic heterocycles. The number of rotatable bonds is 3. The van der Waals surface area contributed by atoms with Crippen molar-refractivity contribution in [1.82, 2.24) is 5.32 Å². The van der Waals surface area contributed by atoms with E-state index in [1.54, 1.807) is 5.56 Å². The first-order chi connectivity index (χ1) is 9.10. The molecule has 0 spiro atoms. The van der Waals surface area contributed by atoms with Crippen molar-refractivity contribution < 1.29 is 0 Å². The molecule has 19 heavy (non-hydrogen) atoms. The summed E-state index contributed by atoms with van der Waals surface area (Å²) < 4.78 is 0. The second-order valence-corrected chi connectivity index (χ2v) is 6.92. The summed E-state index contributed by atoms with van der Waals surface area (Å²) in [4.78, 5) is 0. The fourth-order valence-corrected chi connectivity index (χ4v) is 4.96. The van der Waals surface area contributed by atoms with Crippen molar-refractivity contribution in [3.05, 3.63) is 34.4 Å². The van der Waals surface area contributed by atoms with Crippen molar-refractivity contribution in [1.29, 1.82) is 0 Å². The highest BCUT2D eigenvalue weighted by atomic mass is 14.9. The molecular weight excluding hydrogens is 230 g/mol. The molecule has 2 saturated carbocycles. The fraction of sp³-hybridized carbons (Fsp3) is 0.667. The molecule has 2 bridgehead atoms. The molecule has 4 unspecified atom stereocenters. The molecule has 0 radical (unpaired) electrons. The maximum Gasteiger partial charge on any atom is 0.0354 e. The van der Waals surface area contributed by atoms with Crippen LogP contribution in [0.1, 0.15) is 54.0 Å². The highest BCUT2D eigenvalue weighted by Crippen LogP contribution is 2.53. The van der Waals surface area contributed by atoms with E-state index in [1.165, 1.54) is 42.4 Å². The lowest BCUT2D eigenvalue weighted by molar-refractivity contribution is 0.258. The Morgan fingerprint density at radius 1 is 1.05 bits per heavy atom. The van der Waals surface area contributed by atoms with E-state index in [9.17, 15) is 0 Å². The predicted octanol–water partition coefficient (Wildman–Crippen LogP) is 4.31. The van der Waals surface area contributed by atoms with Gasteiger partial charge in [0.05, 0.1) is 0 Å². The summed E-state index contributed by atoms with van der Waals surface area (Å²) in [6.45, 7) is 6.77. The lowest BCUT2D eigenvalue weighted by atomic mass is 9.78. The Morgan fingerprint density at radius 2 is 1.74 bits per heavy atom. The summed E-state index contributed by atoms with van der Waals surface area (Å²) in [6, 6.07) is 5.26. The van der Waals surface area contributed by atoms with Crippen LogP contribution in [0.15, 0.2) is 12.1 Å². The molecule has 2 fully saturated rings. The van der Waals surface area contributed by atoms with Crippen LogP contribution < -0.4 is 5.32 Å². The third-order valence-electron chi connectivity index (χ3n) is 5.58. The molecule has 0 amide bonds. The Kier molecular flexibility index (Phi) is 3.42. The van der Waals surface area contributed by atoms with E-state index in [1.807, 2.05) is 0 Å². The number of fused-ring (bicyclic) bond motifs is 2. The van der Waals surface area contributed by atoms with Gasteiger partial charge in [-0.1, -0.05) is 24.1 Å². The first kappa shape index (κ1) is 13.2. The van der Waals surface area contributed by atoms with Gasteiger partial charge in [-0.25, -0.2) is 0 Å². The molecule has 1 aromatic rings. The molecule has 4 atom stereocenters. The number of hydrogen-bond acceptors (Lipinski definition) is 1. The zero-order valence-corrected chi connectivity index (χ0v) is 12.8. The predicted molar refractivity (Wildman–Crippen MR) is 81.4 cm³/mol. The molecule has 1 N–H and O–H groups in total. The second-order valence-electron chi connectivity index (χ2n) is 6.92. The van der Waals surface area contributed by atoms with Crippen LogP contribution in [0.2, 0.25) is 0 Å². The minimum absolute atomic E-state index is 0.566. The number of hydrogen-bond donors (Lipinski definition) is 1. The number of nitrogens with one attached hydrogen (secondary N) is 1. The van der Waals surface area contributed by atoms with Gasteiger partial charge in [0.25, 0.3) is 0 Å². The van der Waals surface area contributed by atoms with Crippen molar-refractivity contribution in [2.24, 2.45) is 17.8 Å². The average molecular weight is 257 g/mol. The van der Waals surface area contributed by atoms with Crippen LogP contribution in [0, 0.1) is 38.5 Å². The van der Waals surface area contributed by atoms with Gasteiger partial charge in [0, 0.05) is 6.04 Å². The van der Waals surface area contributed by atoms with Crippen LogP contribution >= 0.6 is 0 Å². The second kappa shape index (κ2) is 4.94. The lowest BCUT2D eigenvalue weighted by Crippen LogP contribution is -2.30. The molecule has 1 aromatic carbocycles. The van der Waals surface area contributed by atoms with Crippen molar-refractivity contribution in [2.45, 2.75) is 52.5 Å². The standard InChI is InChI=1S/C18H27N/c1-11-7-12(2)17(13(3)8-11)18(19-4)16-10-14-5-6-15(16)9-14/h7-8,14-16,18-19H,5-6,9-10H2,1-4H3. The largest absolute Gasteiger partial charge is 0.313 e. The van der Waals surface area contributed by atoms with Crippen molar-refractivity contribution in [2.75, 3.05) is 7.05 Å². The Morgan fingerprint density at radius 3 is 2.21 bits per heavy atom. The van der Waals surface area contributed by atoms with Gasteiger partial charge in [0.2, 0.25) is 0 Å². The van der Waals surface area contributed by atoms with Gasteiger partial charge < -0.3 is 5.32 Å². The number of aryl methyl sites for hydroxylation is 3. The minimum Gasteiger partial charge on any atom is -0.313 e. The van der Waals surface area contributed by atoms with Gasteiger partial charge in [-0.05, 0) is 81.5 Å². The minimum atomic E-state index is 0.566. The third kappa shape index (κ3) is 2.23. The molecular formula is C18H27N. The maximum atomic E-state index is 3.65. The topological polar surface area (TPSA) is 12.0 Å². The molecule has 2 aliphatic rings. The van der Waals surface area contributed by atoms with Crippen LogP contribution in [0.5, 0.6) is 0 Å². The molecule has 3 rings (SSSR count). The quantitative estimate of drug-likeness (QED) is 0.851. The molecule has 0 aromatic heterocycles. The van der Waals surface area contributed by atoms with E-state index < -0.39 is 0 Å². The molecule has 2 aliphatic carbocycles. The van der Waals surface area contributed by atoms with E-state index >= 15 is 0 Å². The van der Waals surface area contributed by atoms with Gasteiger partial charge >= 0.3 is 0 Å². The molecule has 0 saturated heterocycles. The molecule has 0 heterocycles. The maximum absolute atomic E-state index is 3.65. The van der Waals surface area contributed by atoms with Crippen LogP contribution in [0.4, 0.5) is 0 Å². The van der Waals surface area contributed by atoms with Gasteiger partial charge in [-0.2, -0.15) is 0 Å². The Hall–Kier alpha value is -0.820. The zero-order valence-electron chi connectivity index (χ0n) is 12.8. The van der Waals surface area contributed by atoms with Gasteiger partial charge in [0.1, 0.15) is 0 Å². The highest BCUT2D eigenvalue weighted by Gasteiger charge is 2.43. The van der Waals surface area contributed by atoms with E-state index in [0.29, 0.717) is 6.04 Å². The van der Waals surface area contributed by atoms with Gasteiger partial charge in [0.15, 0.2) is 0 Å². The molecule has 1 heteroatoms. The Bertz CT molecular complexity index is 454. The summed E-state index contributed by atoms with van der Waals surface area (Å²) in [7, 11) is 2.15. The monoisotopic (exact) mass is 257 g/mol. The van der Waals surface area contributed by atoms with E-state index in [0.717, 1.165) is 17.8 Å². The van der Waals surface area contributed by atoms with Crippen LogP contribution in [-0.2, 0) is 0 Å². The van der Waals surface area contributed by atoms with Crippen LogP contribution in [0.25, 0.3) is 0 Å². The van der Waals surface area contributed by atoms with Crippen LogP contribution in [0.3, 0.4) is 0 Å². The first-order valence-electron chi connectivity index (χ1n) is 7.85. The van der Waals surface area contributed by atoms with Gasteiger partial charge in [-0.3, -0.25) is 0 Å².